The molecule has 2 heterocycles. The lowest BCUT2D eigenvalue weighted by molar-refractivity contribution is 0.331. The Morgan fingerprint density at radius 3 is 2.74 bits per heavy atom. The van der Waals surface area contributed by atoms with Gasteiger partial charge in [-0.3, -0.25) is 0 Å². The molecule has 3 nitrogen and oxygen atoms in total. The number of likely N-dealkylation sites (N-methyl/N-ethyl adjacent to an activating group) is 2. The van der Waals surface area contributed by atoms with Crippen molar-refractivity contribution < 1.29 is 9.50 Å². The molecule has 0 bridgehead atoms. The van der Waals surface area contributed by atoms with Crippen LogP contribution >= 0.6 is 0 Å². The topological polar surface area (TPSA) is 26.7 Å². The van der Waals surface area contributed by atoms with E-state index in [1.165, 1.54) is 6.07 Å². The molecule has 0 saturated carbocycles. The van der Waals surface area contributed by atoms with E-state index in [-0.39, 0.29) is 12.4 Å². The maximum atomic E-state index is 13.8. The van der Waals surface area contributed by atoms with Gasteiger partial charge >= 0.3 is 0 Å². The van der Waals surface area contributed by atoms with Crippen LogP contribution in [-0.4, -0.2) is 42.2 Å². The fourth-order valence-electron chi connectivity index (χ4n) is 3.41. The zero-order valence-electron chi connectivity index (χ0n) is 16.0. The molecule has 1 aromatic rings. The van der Waals surface area contributed by atoms with Gasteiger partial charge in [-0.25, -0.2) is 4.39 Å². The largest absolute Gasteiger partial charge is 0.392 e. The third-order valence-electron chi connectivity index (χ3n) is 4.94. The Balaban J connectivity index is 2.19. The molecule has 0 fully saturated rings. The number of halogens is 1. The van der Waals surface area contributed by atoms with Gasteiger partial charge in [0, 0.05) is 43.7 Å². The Hall–Kier alpha value is -2.85. The van der Waals surface area contributed by atoms with E-state index < -0.39 is 0 Å². The fraction of sp³-hybridized carbons (Fsp3) is 0.217. The van der Waals surface area contributed by atoms with Crippen LogP contribution in [0, 0.1) is 12.7 Å². The standard InChI is InChI=1S/C23H25FN2O/c1-5-17(15-27)22-14-18(10-12-25(22)3)20-7-6-11-26(4)23(20)19-8-9-21(24)16(2)13-19/h5-10,12-14,27H,1,11,15H2,2-4H3/b22-17+. The highest BCUT2D eigenvalue weighted by molar-refractivity contribution is 5.77. The van der Waals surface area contributed by atoms with Crippen LogP contribution in [0.5, 0.6) is 0 Å². The Morgan fingerprint density at radius 2 is 2.07 bits per heavy atom. The Labute approximate surface area is 160 Å². The van der Waals surface area contributed by atoms with Crippen molar-refractivity contribution in [3.63, 3.8) is 0 Å². The maximum Gasteiger partial charge on any atom is 0.126 e. The second-order valence-corrected chi connectivity index (χ2v) is 6.81. The molecule has 4 heteroatoms. The van der Waals surface area contributed by atoms with E-state index in [9.17, 15) is 9.50 Å². The lowest BCUT2D eigenvalue weighted by Gasteiger charge is -2.30. The van der Waals surface area contributed by atoms with Gasteiger partial charge in [-0.15, -0.1) is 0 Å². The molecule has 3 rings (SSSR count). The van der Waals surface area contributed by atoms with E-state index in [1.54, 1.807) is 13.0 Å². The number of aryl methyl sites for hydroxylation is 1. The van der Waals surface area contributed by atoms with Gasteiger partial charge in [0.2, 0.25) is 0 Å². The summed E-state index contributed by atoms with van der Waals surface area (Å²) < 4.78 is 13.8. The van der Waals surface area contributed by atoms with Gasteiger partial charge < -0.3 is 14.9 Å². The van der Waals surface area contributed by atoms with Crippen LogP contribution in [0.2, 0.25) is 0 Å². The summed E-state index contributed by atoms with van der Waals surface area (Å²) in [5, 5.41) is 9.64. The van der Waals surface area contributed by atoms with Crippen LogP contribution in [0.15, 0.2) is 83.8 Å². The predicted octanol–water partition coefficient (Wildman–Crippen LogP) is 4.16. The number of rotatable bonds is 4. The molecule has 1 aromatic carbocycles. The van der Waals surface area contributed by atoms with Crippen molar-refractivity contribution in [2.45, 2.75) is 6.92 Å². The maximum absolute atomic E-state index is 13.8. The molecule has 0 aliphatic carbocycles. The van der Waals surface area contributed by atoms with Crippen molar-refractivity contribution in [1.29, 1.82) is 0 Å². The van der Waals surface area contributed by atoms with Crippen LogP contribution in [-0.2, 0) is 0 Å². The molecule has 0 atom stereocenters. The number of benzene rings is 1. The SMILES string of the molecule is C=C/C(CO)=C1/C=C(C2=C(c3ccc(F)c(C)c3)N(C)CC=C2)C=CN1C. The van der Waals surface area contributed by atoms with Crippen LogP contribution in [0.25, 0.3) is 5.70 Å². The Bertz CT molecular complexity index is 918. The molecule has 0 unspecified atom stereocenters. The molecule has 2 aliphatic rings. The van der Waals surface area contributed by atoms with Gasteiger partial charge in [-0.2, -0.15) is 0 Å². The minimum absolute atomic E-state index is 0.0698. The summed E-state index contributed by atoms with van der Waals surface area (Å²) in [6.45, 7) is 6.31. The first-order valence-electron chi connectivity index (χ1n) is 8.94. The molecule has 1 N–H and O–H groups in total. The number of hydrogen-bond acceptors (Lipinski definition) is 3. The van der Waals surface area contributed by atoms with E-state index in [0.717, 1.165) is 40.2 Å². The summed E-state index contributed by atoms with van der Waals surface area (Å²) in [5.41, 5.74) is 6.46. The molecule has 27 heavy (non-hydrogen) atoms. The summed E-state index contributed by atoms with van der Waals surface area (Å²) in [6, 6.07) is 5.23. The highest BCUT2D eigenvalue weighted by atomic mass is 19.1. The molecular formula is C23H25FN2O. The lowest BCUT2D eigenvalue weighted by Crippen LogP contribution is -2.22. The van der Waals surface area contributed by atoms with Gasteiger partial charge in [0.25, 0.3) is 0 Å². The summed E-state index contributed by atoms with van der Waals surface area (Å²) in [5.74, 6) is -0.197. The zero-order chi connectivity index (χ0) is 19.6. The lowest BCUT2D eigenvalue weighted by atomic mass is 9.92. The second kappa shape index (κ2) is 7.80. The number of aliphatic hydroxyl groups is 1. The van der Waals surface area contributed by atoms with Crippen molar-refractivity contribution in [3.8, 4) is 0 Å². The molecule has 0 spiro atoms. The third kappa shape index (κ3) is 3.67. The van der Waals surface area contributed by atoms with Crippen molar-refractivity contribution in [2.75, 3.05) is 27.2 Å². The van der Waals surface area contributed by atoms with Gasteiger partial charge in [0.15, 0.2) is 0 Å². The first-order valence-corrected chi connectivity index (χ1v) is 8.94. The average Bonchev–Trinajstić information content (AvgIpc) is 2.66. The van der Waals surface area contributed by atoms with Crippen molar-refractivity contribution >= 4 is 5.70 Å². The van der Waals surface area contributed by atoms with Gasteiger partial charge in [0.1, 0.15) is 5.82 Å². The zero-order valence-corrected chi connectivity index (χ0v) is 16.0. The van der Waals surface area contributed by atoms with Crippen LogP contribution in [0.3, 0.4) is 0 Å². The summed E-state index contributed by atoms with van der Waals surface area (Å²) >= 11 is 0. The predicted molar refractivity (Wildman–Crippen MR) is 109 cm³/mol. The minimum Gasteiger partial charge on any atom is -0.392 e. The molecule has 0 saturated heterocycles. The number of allylic oxidation sites excluding steroid dienone is 5. The first kappa shape index (κ1) is 18.9. The van der Waals surface area contributed by atoms with E-state index in [1.807, 2.05) is 37.3 Å². The molecule has 0 amide bonds. The third-order valence-corrected chi connectivity index (χ3v) is 4.94. The number of nitrogens with zero attached hydrogens (tertiary/aromatic N) is 2. The van der Waals surface area contributed by atoms with Crippen LogP contribution < -0.4 is 0 Å². The van der Waals surface area contributed by atoms with E-state index in [2.05, 4.69) is 35.8 Å². The number of aliphatic hydroxyl groups excluding tert-OH is 1. The van der Waals surface area contributed by atoms with Crippen molar-refractivity contribution in [1.82, 2.24) is 9.80 Å². The van der Waals surface area contributed by atoms with Crippen LogP contribution in [0.1, 0.15) is 11.1 Å². The van der Waals surface area contributed by atoms with E-state index in [0.29, 0.717) is 5.56 Å². The fourth-order valence-corrected chi connectivity index (χ4v) is 3.41. The van der Waals surface area contributed by atoms with Crippen molar-refractivity contribution in [3.05, 3.63) is 101 Å². The second-order valence-electron chi connectivity index (χ2n) is 6.81. The highest BCUT2D eigenvalue weighted by Crippen LogP contribution is 2.34. The smallest absolute Gasteiger partial charge is 0.126 e. The van der Waals surface area contributed by atoms with Gasteiger partial charge in [-0.05, 0) is 54.0 Å². The quantitative estimate of drug-likeness (QED) is 0.869. The normalized spacial score (nSPS) is 18.8. The number of hydrogen-bond donors (Lipinski definition) is 1. The monoisotopic (exact) mass is 364 g/mol. The van der Waals surface area contributed by atoms with Gasteiger partial charge in [0.05, 0.1) is 12.3 Å². The average molecular weight is 364 g/mol. The molecular weight excluding hydrogens is 339 g/mol. The van der Waals surface area contributed by atoms with Gasteiger partial charge in [-0.1, -0.05) is 24.8 Å². The summed E-state index contributed by atoms with van der Waals surface area (Å²) in [6.07, 6.45) is 12.0. The van der Waals surface area contributed by atoms with Crippen LogP contribution in [0.4, 0.5) is 4.39 Å². The minimum atomic E-state index is -0.197. The Kier molecular flexibility index (Phi) is 5.47. The summed E-state index contributed by atoms with van der Waals surface area (Å²) in [4.78, 5) is 4.13. The van der Waals surface area contributed by atoms with E-state index >= 15 is 0 Å². The van der Waals surface area contributed by atoms with E-state index in [4.69, 9.17) is 0 Å². The molecule has 0 radical (unpaired) electrons. The molecule has 140 valence electrons. The Morgan fingerprint density at radius 1 is 1.30 bits per heavy atom. The molecule has 2 aliphatic heterocycles. The highest BCUT2D eigenvalue weighted by Gasteiger charge is 2.20. The summed E-state index contributed by atoms with van der Waals surface area (Å²) in [7, 11) is 3.98. The first-order chi connectivity index (χ1) is 13.0. The molecule has 0 aromatic heterocycles. The van der Waals surface area contributed by atoms with Crippen molar-refractivity contribution in [2.24, 2.45) is 0 Å².